The number of rotatable bonds is 6. The molecule has 0 atom stereocenters. The van der Waals surface area contributed by atoms with Crippen LogP contribution in [0.15, 0.2) is 30.6 Å². The quantitative estimate of drug-likeness (QED) is 0.723. The third-order valence-electron chi connectivity index (χ3n) is 3.74. The number of aliphatic carboxylic acids is 2. The zero-order valence-electron chi connectivity index (χ0n) is 16.2. The number of aromatic nitrogens is 1. The summed E-state index contributed by atoms with van der Waals surface area (Å²) < 4.78 is 5.75. The monoisotopic (exact) mass is 379 g/mol. The van der Waals surface area contributed by atoms with Crippen LogP contribution in [-0.2, 0) is 9.59 Å². The van der Waals surface area contributed by atoms with Crippen LogP contribution in [0.2, 0.25) is 0 Å². The highest BCUT2D eigenvalue weighted by Crippen LogP contribution is 2.21. The Morgan fingerprint density at radius 1 is 1.15 bits per heavy atom. The Bertz CT molecular complexity index is 618. The van der Waals surface area contributed by atoms with E-state index in [1.165, 1.54) is 18.7 Å². The molecule has 2 rings (SSSR count). The Labute approximate surface area is 160 Å². The van der Waals surface area contributed by atoms with Gasteiger partial charge in [0.05, 0.1) is 24.7 Å². The number of carboxylic acids is 2. The summed E-state index contributed by atoms with van der Waals surface area (Å²) in [4.78, 5) is 28.2. The fourth-order valence-electron chi connectivity index (χ4n) is 2.37. The maximum Gasteiger partial charge on any atom is 0.328 e. The number of pyridine rings is 1. The first-order chi connectivity index (χ1) is 12.8. The molecule has 8 nitrogen and oxygen atoms in total. The van der Waals surface area contributed by atoms with Gasteiger partial charge < -0.3 is 24.7 Å². The SMILES string of the molecule is CC(C)COc1cncc(N2CCCN(C)CC2)c1.O=C(O)/C=C/C(=O)O. The van der Waals surface area contributed by atoms with Crippen LogP contribution >= 0.6 is 0 Å². The Hall–Kier alpha value is -2.61. The molecule has 150 valence electrons. The molecule has 0 saturated carbocycles. The molecule has 1 aromatic rings. The van der Waals surface area contributed by atoms with Gasteiger partial charge in [-0.25, -0.2) is 9.59 Å². The predicted molar refractivity (Wildman–Crippen MR) is 103 cm³/mol. The number of hydrogen-bond donors (Lipinski definition) is 2. The standard InChI is InChI=1S/C15H25N3O.C4H4O4/c1-13(2)12-19-15-9-14(10-16-11-15)18-6-4-5-17(3)7-8-18;5-3(6)1-2-4(7)8/h9-11,13H,4-8,12H2,1-3H3;1-2H,(H,5,6)(H,7,8)/b;2-1+. The molecule has 1 saturated heterocycles. The van der Waals surface area contributed by atoms with Gasteiger partial charge in [0.15, 0.2) is 0 Å². The maximum atomic E-state index is 9.55. The van der Waals surface area contributed by atoms with Gasteiger partial charge >= 0.3 is 11.9 Å². The van der Waals surface area contributed by atoms with Crippen molar-refractivity contribution in [3.63, 3.8) is 0 Å². The van der Waals surface area contributed by atoms with Crippen LogP contribution in [0.25, 0.3) is 0 Å². The summed E-state index contributed by atoms with van der Waals surface area (Å²) >= 11 is 0. The van der Waals surface area contributed by atoms with Crippen molar-refractivity contribution in [3.05, 3.63) is 30.6 Å². The van der Waals surface area contributed by atoms with Crippen LogP contribution in [0.5, 0.6) is 5.75 Å². The van der Waals surface area contributed by atoms with Gasteiger partial charge in [0.2, 0.25) is 0 Å². The molecule has 0 unspecified atom stereocenters. The Morgan fingerprint density at radius 3 is 2.41 bits per heavy atom. The summed E-state index contributed by atoms with van der Waals surface area (Å²) in [7, 11) is 2.18. The first kappa shape index (κ1) is 22.4. The minimum Gasteiger partial charge on any atom is -0.492 e. The van der Waals surface area contributed by atoms with Crippen LogP contribution in [0.3, 0.4) is 0 Å². The highest BCUT2D eigenvalue weighted by Gasteiger charge is 2.13. The van der Waals surface area contributed by atoms with Crippen molar-refractivity contribution >= 4 is 17.6 Å². The summed E-state index contributed by atoms with van der Waals surface area (Å²) in [6.07, 6.45) is 6.06. The van der Waals surface area contributed by atoms with Gasteiger partial charge in [-0.05, 0) is 25.9 Å². The Kier molecular flexibility index (Phi) is 9.89. The minimum absolute atomic E-state index is 0.537. The van der Waals surface area contributed by atoms with Crippen molar-refractivity contribution in [3.8, 4) is 5.75 Å². The van der Waals surface area contributed by atoms with Crippen molar-refractivity contribution in [2.45, 2.75) is 20.3 Å². The van der Waals surface area contributed by atoms with Crippen LogP contribution in [0.4, 0.5) is 5.69 Å². The van der Waals surface area contributed by atoms with Gasteiger partial charge in [0, 0.05) is 37.9 Å². The zero-order valence-corrected chi connectivity index (χ0v) is 16.2. The van der Waals surface area contributed by atoms with E-state index in [9.17, 15) is 9.59 Å². The normalized spacial score (nSPS) is 15.2. The van der Waals surface area contributed by atoms with E-state index < -0.39 is 11.9 Å². The number of ether oxygens (including phenoxy) is 1. The third kappa shape index (κ3) is 10.2. The van der Waals surface area contributed by atoms with Crippen LogP contribution < -0.4 is 9.64 Å². The summed E-state index contributed by atoms with van der Waals surface area (Å²) in [5, 5.41) is 15.6. The van der Waals surface area contributed by atoms with Crippen molar-refractivity contribution in [2.24, 2.45) is 5.92 Å². The number of carbonyl (C=O) groups is 2. The second-order valence-electron chi connectivity index (χ2n) is 6.74. The number of nitrogens with zero attached hydrogens (tertiary/aromatic N) is 3. The van der Waals surface area contributed by atoms with Crippen molar-refractivity contribution in [1.82, 2.24) is 9.88 Å². The lowest BCUT2D eigenvalue weighted by molar-refractivity contribution is -0.134. The van der Waals surface area contributed by atoms with Gasteiger partial charge in [-0.2, -0.15) is 0 Å². The molecule has 1 fully saturated rings. The van der Waals surface area contributed by atoms with Gasteiger partial charge in [-0.15, -0.1) is 0 Å². The fraction of sp³-hybridized carbons (Fsp3) is 0.526. The highest BCUT2D eigenvalue weighted by atomic mass is 16.5. The summed E-state index contributed by atoms with van der Waals surface area (Å²) in [6, 6.07) is 2.11. The second kappa shape index (κ2) is 11.9. The first-order valence-electron chi connectivity index (χ1n) is 8.93. The lowest BCUT2D eigenvalue weighted by Crippen LogP contribution is -2.28. The molecular weight excluding hydrogens is 350 g/mol. The van der Waals surface area contributed by atoms with E-state index in [0.717, 1.165) is 32.0 Å². The number of carboxylic acid groups (broad SMARTS) is 2. The molecule has 8 heteroatoms. The van der Waals surface area contributed by atoms with Crippen molar-refractivity contribution < 1.29 is 24.5 Å². The molecule has 0 spiro atoms. The van der Waals surface area contributed by atoms with E-state index in [1.807, 2.05) is 6.20 Å². The average molecular weight is 379 g/mol. The van der Waals surface area contributed by atoms with Crippen LogP contribution in [0.1, 0.15) is 20.3 Å². The summed E-state index contributed by atoms with van der Waals surface area (Å²) in [5.74, 6) is -1.10. The predicted octanol–water partition coefficient (Wildman–Crippen LogP) is 1.97. The molecule has 0 radical (unpaired) electrons. The van der Waals surface area contributed by atoms with E-state index in [2.05, 4.69) is 41.7 Å². The molecular formula is C19H29N3O5. The largest absolute Gasteiger partial charge is 0.492 e. The molecule has 1 aliphatic rings. The fourth-order valence-corrected chi connectivity index (χ4v) is 2.37. The Balaban J connectivity index is 0.000000387. The van der Waals surface area contributed by atoms with Gasteiger partial charge in [-0.3, -0.25) is 4.98 Å². The molecule has 0 bridgehead atoms. The minimum atomic E-state index is -1.26. The number of likely N-dealkylation sites (N-methyl/N-ethyl adjacent to an activating group) is 1. The number of hydrogen-bond acceptors (Lipinski definition) is 6. The molecule has 0 amide bonds. The summed E-state index contributed by atoms with van der Waals surface area (Å²) in [6.45, 7) is 9.49. The highest BCUT2D eigenvalue weighted by molar-refractivity contribution is 5.89. The van der Waals surface area contributed by atoms with Gasteiger partial charge in [0.25, 0.3) is 0 Å². The van der Waals surface area contributed by atoms with Gasteiger partial charge in [-0.1, -0.05) is 13.8 Å². The smallest absolute Gasteiger partial charge is 0.328 e. The summed E-state index contributed by atoms with van der Waals surface area (Å²) in [5.41, 5.74) is 1.18. The molecule has 2 N–H and O–H groups in total. The third-order valence-corrected chi connectivity index (χ3v) is 3.74. The topological polar surface area (TPSA) is 103 Å². The van der Waals surface area contributed by atoms with Crippen LogP contribution in [0, 0.1) is 5.92 Å². The molecule has 0 aromatic carbocycles. The maximum absolute atomic E-state index is 9.55. The van der Waals surface area contributed by atoms with Crippen LogP contribution in [-0.4, -0.2) is 71.9 Å². The van der Waals surface area contributed by atoms with E-state index in [-0.39, 0.29) is 0 Å². The molecule has 1 aromatic heterocycles. The van der Waals surface area contributed by atoms with Gasteiger partial charge in [0.1, 0.15) is 5.75 Å². The molecule has 1 aliphatic heterocycles. The second-order valence-corrected chi connectivity index (χ2v) is 6.74. The van der Waals surface area contributed by atoms with E-state index in [4.69, 9.17) is 14.9 Å². The first-order valence-corrected chi connectivity index (χ1v) is 8.93. The molecule has 0 aliphatic carbocycles. The molecule has 27 heavy (non-hydrogen) atoms. The molecule has 2 heterocycles. The van der Waals surface area contributed by atoms with Crippen molar-refractivity contribution in [2.75, 3.05) is 44.7 Å². The lowest BCUT2D eigenvalue weighted by atomic mass is 10.2. The zero-order chi connectivity index (χ0) is 20.2. The number of anilines is 1. The average Bonchev–Trinajstić information content (AvgIpc) is 2.83. The van der Waals surface area contributed by atoms with E-state index >= 15 is 0 Å². The van der Waals surface area contributed by atoms with E-state index in [1.54, 1.807) is 6.20 Å². The Morgan fingerprint density at radius 2 is 1.81 bits per heavy atom. The van der Waals surface area contributed by atoms with E-state index in [0.29, 0.717) is 18.1 Å². The van der Waals surface area contributed by atoms with Crippen molar-refractivity contribution in [1.29, 1.82) is 0 Å². The lowest BCUT2D eigenvalue weighted by Gasteiger charge is -2.23.